The van der Waals surface area contributed by atoms with Gasteiger partial charge in [0.25, 0.3) is 0 Å². The molecule has 0 saturated carbocycles. The standard InChI is InChI=1S/C20H25ClN4O2S/c1-28(26,27)25-11-9-16(10-12-25)22-20-17-7-2-3-8-18(17)23-19(24-20)14-5-4-6-15(21)13-14/h4-6,13,16H,2-3,7-12H2,1H3,(H,22,23,24). The molecular weight excluding hydrogens is 396 g/mol. The van der Waals surface area contributed by atoms with Crippen LogP contribution in [0.3, 0.4) is 0 Å². The number of hydrogen-bond donors (Lipinski definition) is 1. The lowest BCUT2D eigenvalue weighted by atomic mass is 9.95. The minimum atomic E-state index is -3.12. The zero-order valence-corrected chi connectivity index (χ0v) is 17.6. The molecule has 1 saturated heterocycles. The van der Waals surface area contributed by atoms with E-state index in [9.17, 15) is 8.42 Å². The van der Waals surface area contributed by atoms with Gasteiger partial charge >= 0.3 is 0 Å². The number of piperidine rings is 1. The Bertz CT molecular complexity index is 972. The number of hydrogen-bond acceptors (Lipinski definition) is 5. The molecule has 28 heavy (non-hydrogen) atoms. The van der Waals surface area contributed by atoms with E-state index in [0.717, 1.165) is 55.6 Å². The molecule has 0 atom stereocenters. The van der Waals surface area contributed by atoms with Crippen LogP contribution in [0.15, 0.2) is 24.3 Å². The van der Waals surface area contributed by atoms with Crippen LogP contribution in [0.2, 0.25) is 5.02 Å². The molecule has 2 aliphatic rings. The maximum Gasteiger partial charge on any atom is 0.211 e. The molecule has 2 aromatic rings. The molecule has 1 aromatic carbocycles. The highest BCUT2D eigenvalue weighted by Gasteiger charge is 2.26. The minimum Gasteiger partial charge on any atom is -0.367 e. The van der Waals surface area contributed by atoms with Gasteiger partial charge in [-0.05, 0) is 50.7 Å². The Morgan fingerprint density at radius 2 is 1.89 bits per heavy atom. The number of sulfonamides is 1. The third-order valence-corrected chi connectivity index (χ3v) is 7.07. The van der Waals surface area contributed by atoms with E-state index in [2.05, 4.69) is 5.32 Å². The van der Waals surface area contributed by atoms with Crippen molar-refractivity contribution in [3.05, 3.63) is 40.5 Å². The number of rotatable bonds is 4. The van der Waals surface area contributed by atoms with E-state index >= 15 is 0 Å². The molecule has 1 fully saturated rings. The van der Waals surface area contributed by atoms with Gasteiger partial charge in [-0.15, -0.1) is 0 Å². The first-order chi connectivity index (χ1) is 13.4. The maximum atomic E-state index is 11.7. The van der Waals surface area contributed by atoms with Gasteiger partial charge in [0.1, 0.15) is 5.82 Å². The normalized spacial score (nSPS) is 18.6. The lowest BCUT2D eigenvalue weighted by Crippen LogP contribution is -2.42. The van der Waals surface area contributed by atoms with Crippen molar-refractivity contribution < 1.29 is 8.42 Å². The monoisotopic (exact) mass is 420 g/mol. The third-order valence-electron chi connectivity index (χ3n) is 5.53. The SMILES string of the molecule is CS(=O)(=O)N1CCC(Nc2nc(-c3cccc(Cl)c3)nc3c2CCCC3)CC1. The Morgan fingerprint density at radius 1 is 1.14 bits per heavy atom. The fourth-order valence-corrected chi connectivity index (χ4v) is 5.06. The molecule has 1 aliphatic heterocycles. The first-order valence-electron chi connectivity index (χ1n) is 9.77. The van der Waals surface area contributed by atoms with Crippen LogP contribution in [-0.2, 0) is 22.9 Å². The van der Waals surface area contributed by atoms with E-state index in [4.69, 9.17) is 21.6 Å². The van der Waals surface area contributed by atoms with Gasteiger partial charge in [0.2, 0.25) is 10.0 Å². The summed E-state index contributed by atoms with van der Waals surface area (Å²) in [6.45, 7) is 1.09. The van der Waals surface area contributed by atoms with Crippen molar-refractivity contribution >= 4 is 27.4 Å². The summed E-state index contributed by atoms with van der Waals surface area (Å²) < 4.78 is 25.0. The Hall–Kier alpha value is -1.70. The van der Waals surface area contributed by atoms with Crippen molar-refractivity contribution in [2.75, 3.05) is 24.7 Å². The number of halogens is 1. The molecule has 6 nitrogen and oxygen atoms in total. The number of benzene rings is 1. The highest BCUT2D eigenvalue weighted by atomic mass is 35.5. The average molecular weight is 421 g/mol. The molecule has 0 radical (unpaired) electrons. The minimum absolute atomic E-state index is 0.214. The van der Waals surface area contributed by atoms with Gasteiger partial charge in [0.05, 0.1) is 6.26 Å². The van der Waals surface area contributed by atoms with Crippen LogP contribution < -0.4 is 5.32 Å². The molecule has 8 heteroatoms. The highest BCUT2D eigenvalue weighted by molar-refractivity contribution is 7.88. The summed E-state index contributed by atoms with van der Waals surface area (Å²) in [4.78, 5) is 9.67. The quantitative estimate of drug-likeness (QED) is 0.819. The molecule has 0 amide bonds. The highest BCUT2D eigenvalue weighted by Crippen LogP contribution is 2.30. The molecule has 0 spiro atoms. The number of anilines is 1. The van der Waals surface area contributed by atoms with Crippen LogP contribution in [0.25, 0.3) is 11.4 Å². The Morgan fingerprint density at radius 3 is 2.61 bits per heavy atom. The van der Waals surface area contributed by atoms with Crippen LogP contribution in [-0.4, -0.2) is 48.1 Å². The second kappa shape index (κ2) is 7.97. The lowest BCUT2D eigenvalue weighted by molar-refractivity contribution is 0.331. The van der Waals surface area contributed by atoms with E-state index in [1.807, 2.05) is 24.3 Å². The van der Waals surface area contributed by atoms with E-state index in [1.165, 1.54) is 11.8 Å². The van der Waals surface area contributed by atoms with Gasteiger partial charge in [-0.3, -0.25) is 0 Å². The van der Waals surface area contributed by atoms with Gasteiger partial charge in [-0.25, -0.2) is 22.7 Å². The summed E-state index contributed by atoms with van der Waals surface area (Å²) in [7, 11) is -3.12. The van der Waals surface area contributed by atoms with Gasteiger partial charge < -0.3 is 5.32 Å². The first-order valence-corrected chi connectivity index (χ1v) is 12.0. The van der Waals surface area contributed by atoms with Crippen LogP contribution in [0, 0.1) is 0 Å². The zero-order chi connectivity index (χ0) is 19.7. The summed E-state index contributed by atoms with van der Waals surface area (Å²) in [6, 6.07) is 7.84. The van der Waals surface area contributed by atoms with Crippen molar-refractivity contribution in [3.63, 3.8) is 0 Å². The summed E-state index contributed by atoms with van der Waals surface area (Å²) in [5.41, 5.74) is 3.24. The van der Waals surface area contributed by atoms with Gasteiger partial charge in [0, 0.05) is 41.0 Å². The van der Waals surface area contributed by atoms with Crippen LogP contribution in [0.4, 0.5) is 5.82 Å². The van der Waals surface area contributed by atoms with Crippen molar-refractivity contribution in [3.8, 4) is 11.4 Å². The zero-order valence-electron chi connectivity index (χ0n) is 16.0. The smallest absolute Gasteiger partial charge is 0.211 e. The van der Waals surface area contributed by atoms with Crippen molar-refractivity contribution in [2.24, 2.45) is 0 Å². The molecule has 2 heterocycles. The Labute approximate surface area is 171 Å². The van der Waals surface area contributed by atoms with Crippen molar-refractivity contribution in [2.45, 2.75) is 44.6 Å². The first kappa shape index (κ1) is 19.6. The fourth-order valence-electron chi connectivity index (χ4n) is 4.00. The Balaban J connectivity index is 1.60. The molecule has 1 aliphatic carbocycles. The molecule has 1 N–H and O–H groups in total. The fraction of sp³-hybridized carbons (Fsp3) is 0.500. The van der Waals surface area contributed by atoms with Crippen LogP contribution in [0.5, 0.6) is 0 Å². The summed E-state index contributed by atoms with van der Waals surface area (Å²) >= 11 is 6.16. The largest absolute Gasteiger partial charge is 0.367 e. The molecule has 150 valence electrons. The number of aromatic nitrogens is 2. The Kier molecular flexibility index (Phi) is 5.58. The number of aryl methyl sites for hydroxylation is 1. The summed E-state index contributed by atoms with van der Waals surface area (Å²) in [6.07, 6.45) is 7.07. The topological polar surface area (TPSA) is 75.2 Å². The van der Waals surface area contributed by atoms with Crippen molar-refractivity contribution in [1.82, 2.24) is 14.3 Å². The predicted octanol–water partition coefficient (Wildman–Crippen LogP) is 3.51. The summed E-state index contributed by atoms with van der Waals surface area (Å²) in [5, 5.41) is 4.27. The molecule has 0 bridgehead atoms. The average Bonchev–Trinajstić information content (AvgIpc) is 2.67. The van der Waals surface area contributed by atoms with Gasteiger partial charge in [0.15, 0.2) is 5.82 Å². The predicted molar refractivity (Wildman–Crippen MR) is 112 cm³/mol. The van der Waals surface area contributed by atoms with E-state index in [1.54, 1.807) is 4.31 Å². The van der Waals surface area contributed by atoms with Gasteiger partial charge in [-0.2, -0.15) is 0 Å². The van der Waals surface area contributed by atoms with Crippen molar-refractivity contribution in [1.29, 1.82) is 0 Å². The summed E-state index contributed by atoms with van der Waals surface area (Å²) in [5.74, 6) is 1.59. The third kappa shape index (κ3) is 4.31. The lowest BCUT2D eigenvalue weighted by Gasteiger charge is -2.32. The van der Waals surface area contributed by atoms with E-state index in [0.29, 0.717) is 23.9 Å². The molecular formula is C20H25ClN4O2S. The number of nitrogens with zero attached hydrogens (tertiary/aromatic N) is 3. The number of nitrogens with one attached hydrogen (secondary N) is 1. The molecule has 0 unspecified atom stereocenters. The second-order valence-corrected chi connectivity index (χ2v) is 10.0. The molecule has 4 rings (SSSR count). The van der Waals surface area contributed by atoms with Gasteiger partial charge in [-0.1, -0.05) is 23.7 Å². The maximum absolute atomic E-state index is 11.7. The second-order valence-electron chi connectivity index (χ2n) is 7.62. The molecule has 1 aromatic heterocycles. The number of fused-ring (bicyclic) bond motifs is 1. The van der Waals surface area contributed by atoms with Crippen LogP contribution in [0.1, 0.15) is 36.9 Å². The van der Waals surface area contributed by atoms with E-state index in [-0.39, 0.29) is 6.04 Å². The van der Waals surface area contributed by atoms with Crippen LogP contribution >= 0.6 is 11.6 Å². The van der Waals surface area contributed by atoms with E-state index < -0.39 is 10.0 Å².